The number of halogens is 1. The molecule has 2 rings (SSSR count). The van der Waals surface area contributed by atoms with Gasteiger partial charge in [0.1, 0.15) is 60.6 Å². The van der Waals surface area contributed by atoms with Gasteiger partial charge in [-0.05, 0) is 72.0 Å². The zero-order chi connectivity index (χ0) is 70.5. The normalized spacial score (nSPS) is 23.3. The van der Waals surface area contributed by atoms with Gasteiger partial charge in [-0.2, -0.15) is 0 Å². The van der Waals surface area contributed by atoms with E-state index in [0.717, 1.165) is 71.5 Å². The second kappa shape index (κ2) is 44.6. The van der Waals surface area contributed by atoms with Crippen LogP contribution >= 0.6 is 11.6 Å². The van der Waals surface area contributed by atoms with E-state index in [-0.39, 0.29) is 51.6 Å². The number of H-pyrrole nitrogens is 1. The van der Waals surface area contributed by atoms with Gasteiger partial charge in [0.05, 0.1) is 50.5 Å². The van der Waals surface area contributed by atoms with Crippen LogP contribution in [0.1, 0.15) is 136 Å². The number of nitrogens with one attached hydrogen (secondary N) is 11. The number of carbonyl (C=O) groups excluding carboxylic acids is 12. The van der Waals surface area contributed by atoms with Crippen molar-refractivity contribution < 1.29 is 97.3 Å². The lowest BCUT2D eigenvalue weighted by atomic mass is 10.0. The van der Waals surface area contributed by atoms with Crippen LogP contribution in [0.3, 0.4) is 0 Å². The van der Waals surface area contributed by atoms with E-state index >= 15 is 0 Å². The Bertz CT molecular complexity index is 2670. The highest BCUT2D eigenvalue weighted by molar-refractivity contribution is 6.18. The number of carbonyl (C=O) groups is 13. The maximum absolute atomic E-state index is 14.7. The molecule has 0 aliphatic carbocycles. The molecular weight excluding hydrogens is 1260 g/mol. The van der Waals surface area contributed by atoms with Crippen LogP contribution in [0, 0.1) is 0 Å². The molecule has 10 amide bonds. The number of methoxy groups -OCH3 is 1. The number of cyclic esters (lactones) is 1. The second-order valence-corrected chi connectivity index (χ2v) is 22.7. The van der Waals surface area contributed by atoms with Crippen LogP contribution in [0.2, 0.25) is 0 Å². The van der Waals surface area contributed by atoms with Crippen molar-refractivity contribution in [2.45, 2.75) is 215 Å². The number of ether oxygens (including phenoxy) is 2. The van der Waals surface area contributed by atoms with Gasteiger partial charge in [0, 0.05) is 18.3 Å². The Morgan fingerprint density at radius 2 is 1.24 bits per heavy atom. The summed E-state index contributed by atoms with van der Waals surface area (Å²) in [6.45, 7) is 2.50. The summed E-state index contributed by atoms with van der Waals surface area (Å²) in [5.74, 6) is -18.3. The lowest BCUT2D eigenvalue weighted by Gasteiger charge is -2.29. The molecule has 36 heteroatoms. The molecule has 1 aliphatic heterocycles. The van der Waals surface area contributed by atoms with E-state index in [0.29, 0.717) is 12.1 Å². The number of esters is 2. The van der Waals surface area contributed by atoms with E-state index in [9.17, 15) is 87.9 Å². The number of aliphatic hydroxyl groups excluding tert-OH is 4. The number of nitrogens with zero attached hydrogens (tertiary/aromatic N) is 1. The summed E-state index contributed by atoms with van der Waals surface area (Å²) in [4.78, 5) is 187. The number of hydrogen-bond acceptors (Lipinski definition) is 23. The number of aromatic nitrogens is 2. The van der Waals surface area contributed by atoms with Crippen molar-refractivity contribution in [3.63, 3.8) is 0 Å². The minimum Gasteiger partial charge on any atom is -0.479 e. The monoisotopic (exact) mass is 1360 g/mol. The molecular formula is C58H96ClN15O20. The first-order valence-corrected chi connectivity index (χ1v) is 31.8. The Hall–Kier alpha value is -7.93. The SMILES string of the molecule is C/C=C1/NC(=O)[C@H]([C@H](C)O)NC(=O)[C@H](CCN)NC(=O)[C@H](CCCCN)NC(=O)[C@H](CC(=O)N[C@@H](Cc2cnc[nH]2)C(=O)OC)NC(=O)[C@@H](CCN)NC(=O)[C@@H](NC(=O)C[C@@H](O)CCCCCCCCCCC)COC(=O)[C@H]([C@H](O)CCl)NC(=O)[C@H](C(O)C(=O)O)NC1=O. The van der Waals surface area contributed by atoms with Crippen LogP contribution < -0.4 is 70.4 Å². The molecule has 0 saturated carbocycles. The molecule has 1 saturated heterocycles. The van der Waals surface area contributed by atoms with Gasteiger partial charge in [-0.15, -0.1) is 11.6 Å². The molecule has 35 nitrogen and oxygen atoms in total. The molecule has 0 radical (unpaired) electrons. The van der Waals surface area contributed by atoms with Crippen molar-refractivity contribution in [3.8, 4) is 0 Å². The number of alkyl halides is 1. The third-order valence-electron chi connectivity index (χ3n) is 14.8. The Balaban J connectivity index is 2.90. The van der Waals surface area contributed by atoms with Crippen LogP contribution in [0.15, 0.2) is 24.3 Å². The molecule has 2 heterocycles. The first kappa shape index (κ1) is 82.2. The summed E-state index contributed by atoms with van der Waals surface area (Å²) < 4.78 is 10.2. The van der Waals surface area contributed by atoms with Gasteiger partial charge in [-0.1, -0.05) is 70.8 Å². The third kappa shape index (κ3) is 29.6. The Labute approximate surface area is 548 Å². The standard InChI is InChI=1S/C58H96ClN15O20/c1-5-7-8-9-10-11-12-13-14-17-33(76)25-42(78)66-40-29-94-58(92)45(41(77)27-59)73-55(88)46(47(80)56(89)90)74-48(81)34(6-2)67-54(87)44(31(3)75)72-51(84)37(20-23-62)69-49(82)35(18-15-16-21-60)68-52(85)38(71-50(83)36(19-22-61)70-53(40)86)26-43(79)65-39(57(91)93-4)24-32-28-63-30-64-32/h6,28,30-31,33,35-41,44-47,75-77,80H,5,7-27,29,60-62H2,1-4H3,(H,63,64)(H,65,79)(H,66,78)(H,67,87)(H,68,85)(H,69,82)(H,70,86)(H,71,83)(H,72,84)(H,73,88)(H,74,81)(H,89,90)/b34-6+/t31-,33-,35-,36+,37-,38-,39-,40-,41+,44-,45-,46-,47?/m0/s1. The zero-order valence-electron chi connectivity index (χ0n) is 53.4. The van der Waals surface area contributed by atoms with E-state index in [1.54, 1.807) is 0 Å². The summed E-state index contributed by atoms with van der Waals surface area (Å²) in [5.41, 5.74) is 17.1. The molecule has 0 spiro atoms. The van der Waals surface area contributed by atoms with Crippen LogP contribution in [0.25, 0.3) is 0 Å². The number of hydrogen-bond donors (Lipinski definition) is 19. The average Bonchev–Trinajstić information content (AvgIpc) is 1.25. The molecule has 0 bridgehead atoms. The predicted octanol–water partition coefficient (Wildman–Crippen LogP) is -5.62. The van der Waals surface area contributed by atoms with Crippen LogP contribution in [0.4, 0.5) is 0 Å². The summed E-state index contributed by atoms with van der Waals surface area (Å²) in [6.07, 6.45) is 1.78. The molecule has 1 aliphatic rings. The molecule has 1 fully saturated rings. The number of unbranched alkanes of at least 4 members (excludes halogenated alkanes) is 9. The number of nitrogens with two attached hydrogens (primary N) is 3. The molecule has 13 atom stereocenters. The smallest absolute Gasteiger partial charge is 0.335 e. The minimum atomic E-state index is -2.85. The van der Waals surface area contributed by atoms with Crippen molar-refractivity contribution in [3.05, 3.63) is 30.0 Å². The Kier molecular flexibility index (Phi) is 39.0. The van der Waals surface area contributed by atoms with E-state index < -0.39 is 200 Å². The average molecular weight is 1360 g/mol. The number of imidazole rings is 1. The van der Waals surface area contributed by atoms with Gasteiger partial charge < -0.3 is 110 Å². The maximum atomic E-state index is 14.7. The van der Waals surface area contributed by atoms with Crippen molar-refractivity contribution in [2.75, 3.05) is 39.2 Å². The Morgan fingerprint density at radius 3 is 1.78 bits per heavy atom. The Morgan fingerprint density at radius 1 is 0.691 bits per heavy atom. The predicted molar refractivity (Wildman–Crippen MR) is 334 cm³/mol. The van der Waals surface area contributed by atoms with Crippen LogP contribution in [0.5, 0.6) is 0 Å². The third-order valence-corrected chi connectivity index (χ3v) is 15.1. The van der Waals surface area contributed by atoms with Gasteiger partial charge in [0.2, 0.25) is 53.2 Å². The number of carboxylic acid groups (broad SMARTS) is 1. The van der Waals surface area contributed by atoms with Crippen molar-refractivity contribution in [1.29, 1.82) is 0 Å². The van der Waals surface area contributed by atoms with Crippen molar-refractivity contribution >= 4 is 88.6 Å². The quantitative estimate of drug-likeness (QED) is 0.0138. The fourth-order valence-corrected chi connectivity index (χ4v) is 9.62. The largest absolute Gasteiger partial charge is 0.479 e. The lowest BCUT2D eigenvalue weighted by molar-refractivity contribution is -0.155. The number of rotatable bonds is 32. The highest BCUT2D eigenvalue weighted by atomic mass is 35.5. The summed E-state index contributed by atoms with van der Waals surface area (Å²) in [7, 11) is 1.04. The maximum Gasteiger partial charge on any atom is 0.335 e. The fraction of sp³-hybridized carbons (Fsp3) is 0.690. The van der Waals surface area contributed by atoms with Crippen LogP contribution in [-0.4, -0.2) is 231 Å². The molecule has 1 aromatic heterocycles. The summed E-state index contributed by atoms with van der Waals surface area (Å²) in [5, 5.41) is 75.7. The van der Waals surface area contributed by atoms with Gasteiger partial charge in [-0.3, -0.25) is 47.9 Å². The molecule has 22 N–H and O–H groups in total. The molecule has 1 unspecified atom stereocenters. The number of aliphatic hydroxyl groups is 4. The van der Waals surface area contributed by atoms with Crippen LogP contribution in [-0.2, 0) is 78.2 Å². The minimum absolute atomic E-state index is 0.0963. The van der Waals surface area contributed by atoms with Crippen molar-refractivity contribution in [1.82, 2.24) is 63.1 Å². The first-order chi connectivity index (χ1) is 44.7. The highest BCUT2D eigenvalue weighted by Gasteiger charge is 2.41. The fourth-order valence-electron chi connectivity index (χ4n) is 9.44. The second-order valence-electron chi connectivity index (χ2n) is 22.4. The number of allylic oxidation sites excluding steroid dienone is 1. The van der Waals surface area contributed by atoms with Gasteiger partial charge >= 0.3 is 17.9 Å². The van der Waals surface area contributed by atoms with Gasteiger partial charge in [0.15, 0.2) is 12.1 Å². The topological polar surface area (TPSA) is 569 Å². The zero-order valence-corrected chi connectivity index (χ0v) is 54.2. The molecule has 530 valence electrons. The van der Waals surface area contributed by atoms with Gasteiger partial charge in [0.25, 0.3) is 5.91 Å². The van der Waals surface area contributed by atoms with Gasteiger partial charge in [-0.25, -0.2) is 19.4 Å². The molecule has 0 aromatic carbocycles. The lowest BCUT2D eigenvalue weighted by Crippen LogP contribution is -2.62. The van der Waals surface area contributed by atoms with E-state index in [4.69, 9.17) is 38.3 Å². The first-order valence-electron chi connectivity index (χ1n) is 31.2. The highest BCUT2D eigenvalue weighted by Crippen LogP contribution is 2.15. The molecule has 1 aromatic rings. The summed E-state index contributed by atoms with van der Waals surface area (Å²) in [6, 6.07) is -17.5. The van der Waals surface area contributed by atoms with E-state index in [2.05, 4.69) is 59.4 Å². The number of aliphatic carboxylic acids is 1. The van der Waals surface area contributed by atoms with E-state index in [1.807, 2.05) is 10.6 Å². The summed E-state index contributed by atoms with van der Waals surface area (Å²) >= 11 is 5.91. The number of carboxylic acids is 1. The van der Waals surface area contributed by atoms with Crippen molar-refractivity contribution in [2.24, 2.45) is 17.2 Å². The molecule has 94 heavy (non-hydrogen) atoms. The number of amides is 10. The number of aromatic amines is 1. The van der Waals surface area contributed by atoms with E-state index in [1.165, 1.54) is 19.4 Å².